The van der Waals surface area contributed by atoms with Crippen molar-refractivity contribution in [1.82, 2.24) is 14.7 Å². The lowest BCUT2D eigenvalue weighted by Gasteiger charge is -2.26. The number of aromatic nitrogens is 2. The number of amides is 1. The van der Waals surface area contributed by atoms with E-state index in [2.05, 4.69) is 9.84 Å². The average molecular weight is 321 g/mol. The van der Waals surface area contributed by atoms with Crippen LogP contribution >= 0.6 is 0 Å². The van der Waals surface area contributed by atoms with E-state index in [4.69, 9.17) is 4.74 Å². The molecule has 126 valence electrons. The highest BCUT2D eigenvalue weighted by Crippen LogP contribution is 2.17. The first-order valence-electron chi connectivity index (χ1n) is 7.59. The van der Waals surface area contributed by atoms with Crippen molar-refractivity contribution in [2.75, 3.05) is 13.7 Å². The van der Waals surface area contributed by atoms with E-state index >= 15 is 0 Å². The molecule has 0 bridgehead atoms. The molecule has 0 aromatic carbocycles. The molecular formula is C16H23N3O4. The van der Waals surface area contributed by atoms with E-state index in [1.807, 2.05) is 31.5 Å². The van der Waals surface area contributed by atoms with E-state index in [1.165, 1.54) is 13.2 Å². The Bertz CT molecular complexity index is 613. The maximum Gasteiger partial charge on any atom is 0.410 e. The number of hydrogen-bond donors (Lipinski definition) is 0. The molecule has 7 nitrogen and oxygen atoms in total. The average Bonchev–Trinajstić information content (AvgIpc) is 2.73. The molecule has 1 aliphatic rings. The minimum Gasteiger partial charge on any atom is -0.466 e. The Kier molecular flexibility index (Phi) is 5.08. The number of carbonyl (C=O) groups excluding carboxylic acids is 2. The first-order chi connectivity index (χ1) is 10.8. The predicted molar refractivity (Wildman–Crippen MR) is 84.5 cm³/mol. The fraction of sp³-hybridized carbons (Fsp3) is 0.562. The molecule has 1 aliphatic heterocycles. The lowest BCUT2D eigenvalue weighted by Crippen LogP contribution is -2.36. The lowest BCUT2D eigenvalue weighted by molar-refractivity contribution is -0.134. The quantitative estimate of drug-likeness (QED) is 0.617. The van der Waals surface area contributed by atoms with Gasteiger partial charge in [0.15, 0.2) is 0 Å². The van der Waals surface area contributed by atoms with E-state index in [0.717, 1.165) is 18.7 Å². The maximum absolute atomic E-state index is 12.2. The topological polar surface area (TPSA) is 73.7 Å². The van der Waals surface area contributed by atoms with Gasteiger partial charge >= 0.3 is 12.1 Å². The molecule has 2 rings (SSSR count). The molecule has 0 saturated heterocycles. The monoisotopic (exact) mass is 321 g/mol. The minimum atomic E-state index is -0.516. The van der Waals surface area contributed by atoms with Gasteiger partial charge in [0.1, 0.15) is 5.60 Å². The highest BCUT2D eigenvalue weighted by Gasteiger charge is 2.25. The highest BCUT2D eigenvalue weighted by atomic mass is 16.6. The second-order valence-corrected chi connectivity index (χ2v) is 6.40. The van der Waals surface area contributed by atoms with E-state index in [0.29, 0.717) is 18.8 Å². The van der Waals surface area contributed by atoms with Crippen LogP contribution in [0.25, 0.3) is 6.08 Å². The number of rotatable bonds is 2. The Morgan fingerprint density at radius 2 is 2.04 bits per heavy atom. The molecule has 1 aromatic heterocycles. The SMILES string of the molecule is COC(=O)/C=C/c1cc2n(n1)CCCN(C(=O)OC(C)(C)C)C2. The van der Waals surface area contributed by atoms with Crippen LogP contribution in [0.15, 0.2) is 12.1 Å². The molecule has 7 heteroatoms. The molecule has 0 aliphatic carbocycles. The maximum atomic E-state index is 12.2. The lowest BCUT2D eigenvalue weighted by atomic mass is 10.2. The second kappa shape index (κ2) is 6.85. The van der Waals surface area contributed by atoms with Gasteiger partial charge in [-0.3, -0.25) is 4.68 Å². The third-order valence-corrected chi connectivity index (χ3v) is 3.28. The Morgan fingerprint density at radius 3 is 2.70 bits per heavy atom. The molecule has 1 aromatic rings. The van der Waals surface area contributed by atoms with Gasteiger partial charge in [0.2, 0.25) is 0 Å². The van der Waals surface area contributed by atoms with Gasteiger partial charge in [0, 0.05) is 19.2 Å². The normalized spacial score (nSPS) is 15.2. The molecule has 0 saturated carbocycles. The smallest absolute Gasteiger partial charge is 0.410 e. The van der Waals surface area contributed by atoms with Gasteiger partial charge in [-0.1, -0.05) is 0 Å². The summed E-state index contributed by atoms with van der Waals surface area (Å²) in [6.07, 6.45) is 3.41. The van der Waals surface area contributed by atoms with Crippen LogP contribution in [-0.2, 0) is 27.4 Å². The summed E-state index contributed by atoms with van der Waals surface area (Å²) in [5.74, 6) is -0.427. The molecule has 23 heavy (non-hydrogen) atoms. The standard InChI is InChI=1S/C16H23N3O4/c1-16(2,3)23-15(21)18-8-5-9-19-13(11-18)10-12(17-19)6-7-14(20)22-4/h6-7,10H,5,8-9,11H2,1-4H3/b7-6+. The molecule has 0 spiro atoms. The molecular weight excluding hydrogens is 298 g/mol. The number of esters is 1. The van der Waals surface area contributed by atoms with Crippen LogP contribution in [0.2, 0.25) is 0 Å². The minimum absolute atomic E-state index is 0.321. The van der Waals surface area contributed by atoms with Gasteiger partial charge < -0.3 is 14.4 Å². The summed E-state index contributed by atoms with van der Waals surface area (Å²) in [7, 11) is 1.33. The van der Waals surface area contributed by atoms with Gasteiger partial charge in [0.05, 0.1) is 25.0 Å². The van der Waals surface area contributed by atoms with Gasteiger partial charge in [-0.2, -0.15) is 5.10 Å². The number of nitrogens with zero attached hydrogens (tertiary/aromatic N) is 3. The van der Waals surface area contributed by atoms with E-state index < -0.39 is 11.6 Å². The number of methoxy groups -OCH3 is 1. The first-order valence-corrected chi connectivity index (χ1v) is 7.59. The summed E-state index contributed by atoms with van der Waals surface area (Å²) < 4.78 is 11.9. The molecule has 0 radical (unpaired) electrons. The van der Waals surface area contributed by atoms with Crippen molar-refractivity contribution >= 4 is 18.1 Å². The molecule has 0 atom stereocenters. The summed E-state index contributed by atoms with van der Waals surface area (Å²) >= 11 is 0. The first kappa shape index (κ1) is 17.1. The second-order valence-electron chi connectivity index (χ2n) is 6.40. The zero-order chi connectivity index (χ0) is 17.0. The number of ether oxygens (including phenoxy) is 2. The zero-order valence-electron chi connectivity index (χ0n) is 14.0. The van der Waals surface area contributed by atoms with Crippen molar-refractivity contribution in [3.63, 3.8) is 0 Å². The Morgan fingerprint density at radius 1 is 1.30 bits per heavy atom. The van der Waals surface area contributed by atoms with Crippen molar-refractivity contribution in [2.45, 2.75) is 45.9 Å². The van der Waals surface area contributed by atoms with E-state index in [-0.39, 0.29) is 6.09 Å². The molecule has 0 N–H and O–H groups in total. The summed E-state index contributed by atoms with van der Waals surface area (Å²) in [5.41, 5.74) is 1.06. The van der Waals surface area contributed by atoms with Crippen LogP contribution in [0.4, 0.5) is 4.79 Å². The molecule has 2 heterocycles. The summed E-state index contributed by atoms with van der Waals surface area (Å²) in [5, 5.41) is 4.43. The Hall–Kier alpha value is -2.31. The Balaban J connectivity index is 2.10. The van der Waals surface area contributed by atoms with Crippen LogP contribution in [0, 0.1) is 0 Å². The van der Waals surface area contributed by atoms with Crippen molar-refractivity contribution in [2.24, 2.45) is 0 Å². The van der Waals surface area contributed by atoms with Crippen LogP contribution in [0.1, 0.15) is 38.6 Å². The molecule has 1 amide bonds. The van der Waals surface area contributed by atoms with Crippen LogP contribution in [0.5, 0.6) is 0 Å². The third kappa shape index (κ3) is 4.84. The van der Waals surface area contributed by atoms with Crippen molar-refractivity contribution in [1.29, 1.82) is 0 Å². The van der Waals surface area contributed by atoms with Crippen LogP contribution in [-0.4, -0.2) is 46.0 Å². The third-order valence-electron chi connectivity index (χ3n) is 3.28. The van der Waals surface area contributed by atoms with Gasteiger partial charge in [-0.25, -0.2) is 9.59 Å². The fourth-order valence-electron chi connectivity index (χ4n) is 2.27. The van der Waals surface area contributed by atoms with Gasteiger partial charge in [-0.05, 0) is 39.3 Å². The fourth-order valence-corrected chi connectivity index (χ4v) is 2.27. The zero-order valence-corrected chi connectivity index (χ0v) is 14.0. The van der Waals surface area contributed by atoms with Gasteiger partial charge in [0.25, 0.3) is 0 Å². The Labute approximate surface area is 135 Å². The van der Waals surface area contributed by atoms with E-state index in [1.54, 1.807) is 11.0 Å². The largest absolute Gasteiger partial charge is 0.466 e. The number of aryl methyl sites for hydroxylation is 1. The number of hydrogen-bond acceptors (Lipinski definition) is 5. The predicted octanol–water partition coefficient (Wildman–Crippen LogP) is 2.21. The van der Waals surface area contributed by atoms with Crippen LogP contribution in [0.3, 0.4) is 0 Å². The number of fused-ring (bicyclic) bond motifs is 1. The molecule has 0 unspecified atom stereocenters. The summed E-state index contributed by atoms with van der Waals surface area (Å²) in [6.45, 7) is 7.34. The summed E-state index contributed by atoms with van der Waals surface area (Å²) in [4.78, 5) is 25.1. The van der Waals surface area contributed by atoms with E-state index in [9.17, 15) is 9.59 Å². The van der Waals surface area contributed by atoms with Gasteiger partial charge in [-0.15, -0.1) is 0 Å². The van der Waals surface area contributed by atoms with Crippen molar-refractivity contribution < 1.29 is 19.1 Å². The van der Waals surface area contributed by atoms with Crippen molar-refractivity contribution in [3.05, 3.63) is 23.5 Å². The highest BCUT2D eigenvalue weighted by molar-refractivity contribution is 5.86. The molecule has 0 fully saturated rings. The van der Waals surface area contributed by atoms with Crippen molar-refractivity contribution in [3.8, 4) is 0 Å². The van der Waals surface area contributed by atoms with Crippen LogP contribution < -0.4 is 0 Å². The number of carbonyl (C=O) groups is 2. The summed E-state index contributed by atoms with van der Waals surface area (Å²) in [6, 6.07) is 1.86.